The maximum absolute atomic E-state index is 11.5. The summed E-state index contributed by atoms with van der Waals surface area (Å²) < 4.78 is 21.6. The van der Waals surface area contributed by atoms with Crippen molar-refractivity contribution in [2.45, 2.75) is 6.73 Å². The summed E-state index contributed by atoms with van der Waals surface area (Å²) in [6.45, 7) is -0.392. The molecule has 2 radical (unpaired) electrons. The van der Waals surface area contributed by atoms with Crippen LogP contribution in [0.3, 0.4) is 0 Å². The maximum atomic E-state index is 11.5. The number of nitrogen functional groups attached to an aromatic ring is 1. The van der Waals surface area contributed by atoms with Gasteiger partial charge in [0.05, 0.1) is 6.33 Å². The van der Waals surface area contributed by atoms with Gasteiger partial charge in [0.1, 0.15) is 13.5 Å². The molecule has 0 amide bonds. The Morgan fingerprint density at radius 3 is 2.68 bits per heavy atom. The molecule has 5 N–H and O–H groups in total. The summed E-state index contributed by atoms with van der Waals surface area (Å²) in [5.41, 5.74) is 5.30. The Labute approximate surface area is 168 Å². The number of hydrogen-bond acceptors (Lipinski definition) is 7. The van der Waals surface area contributed by atoms with Crippen LogP contribution in [0.25, 0.3) is 11.2 Å². The third kappa shape index (κ3) is 6.38. The van der Waals surface area contributed by atoms with E-state index >= 15 is 0 Å². The van der Waals surface area contributed by atoms with Gasteiger partial charge in [0, 0.05) is 59.1 Å². The Bertz CT molecular complexity index is 715. The molecule has 112 valence electrons. The first kappa shape index (κ1) is 22.2. The first-order valence-electron chi connectivity index (χ1n) is 5.27. The number of ether oxygens (including phenoxy) is 2. The van der Waals surface area contributed by atoms with Crippen molar-refractivity contribution in [2.24, 2.45) is 0 Å². The Kier molecular flexibility index (Phi) is 9.59. The average Bonchev–Trinajstić information content (AvgIpc) is 2.70. The van der Waals surface area contributed by atoms with Gasteiger partial charge in [-0.15, -0.1) is 0 Å². The predicted octanol–water partition coefficient (Wildman–Crippen LogP) is -1.98. The third-order valence-electron chi connectivity index (χ3n) is 2.15. The molecule has 0 aliphatic carbocycles. The number of hydrogen-bond donors (Lipinski definition) is 4. The van der Waals surface area contributed by atoms with Gasteiger partial charge in [-0.1, -0.05) is 0 Å². The molecule has 14 heteroatoms. The van der Waals surface area contributed by atoms with Crippen molar-refractivity contribution in [3.05, 3.63) is 16.7 Å². The predicted molar refractivity (Wildman–Crippen MR) is 78.0 cm³/mol. The van der Waals surface area contributed by atoms with Gasteiger partial charge >= 0.3 is 7.60 Å². The Morgan fingerprint density at radius 2 is 2.05 bits per heavy atom. The Hall–Kier alpha value is 0.220. The van der Waals surface area contributed by atoms with Gasteiger partial charge < -0.3 is 25.0 Å². The number of imidazole rings is 1. The molecule has 0 saturated carbocycles. The van der Waals surface area contributed by atoms with Crippen molar-refractivity contribution in [3.8, 4) is 0 Å². The zero-order valence-corrected chi connectivity index (χ0v) is 17.0. The number of anilines is 1. The molecule has 0 aliphatic rings. The smallest absolute Gasteiger partial charge is 0.351 e. The molecule has 2 rings (SSSR count). The second-order valence-electron chi connectivity index (χ2n) is 3.79. The van der Waals surface area contributed by atoms with Crippen LogP contribution in [0.15, 0.2) is 11.1 Å². The molecular formula is C8H12N5Na2O6P. The number of nitrogens with zero attached hydrogens (tertiary/aromatic N) is 3. The molecular weight excluding hydrogens is 339 g/mol. The van der Waals surface area contributed by atoms with Crippen LogP contribution < -0.4 is 11.3 Å². The molecule has 0 spiro atoms. The second-order valence-corrected chi connectivity index (χ2v) is 5.37. The number of H-pyrrole nitrogens is 1. The summed E-state index contributed by atoms with van der Waals surface area (Å²) in [6.07, 6.45) is 0.595. The van der Waals surface area contributed by atoms with Gasteiger partial charge in [-0.2, -0.15) is 4.98 Å². The summed E-state index contributed by atoms with van der Waals surface area (Å²) in [7, 11) is -4.21. The minimum absolute atomic E-state index is 0. The molecule has 0 fully saturated rings. The summed E-state index contributed by atoms with van der Waals surface area (Å²) in [4.78, 5) is 38.7. The normalized spacial score (nSPS) is 11.0. The van der Waals surface area contributed by atoms with Crippen LogP contribution in [0, 0.1) is 0 Å². The number of fused-ring (bicyclic) bond motifs is 1. The molecule has 0 saturated heterocycles. The standard InChI is InChI=1S/C8H12N5O6P.2Na/c9-8-11-6-5(7(14)12-8)10-1-13(6)2-18-3-19-4-20(15,16)17;;/h1H,2-4H2,(H2,15,16,17)(H3,9,11,12,14);;. The van der Waals surface area contributed by atoms with Gasteiger partial charge in [0.15, 0.2) is 17.5 Å². The molecule has 22 heavy (non-hydrogen) atoms. The zero-order chi connectivity index (χ0) is 14.8. The van der Waals surface area contributed by atoms with E-state index < -0.39 is 19.5 Å². The average molecular weight is 351 g/mol. The van der Waals surface area contributed by atoms with E-state index in [1.54, 1.807) is 0 Å². The molecule has 2 aromatic heterocycles. The molecule has 0 atom stereocenters. The van der Waals surface area contributed by atoms with E-state index in [1.807, 2.05) is 0 Å². The molecule has 2 aromatic rings. The van der Waals surface area contributed by atoms with Crippen LogP contribution in [0.4, 0.5) is 5.95 Å². The van der Waals surface area contributed by atoms with Crippen LogP contribution in [0.5, 0.6) is 0 Å². The second kappa shape index (κ2) is 9.50. The van der Waals surface area contributed by atoms with E-state index in [0.29, 0.717) is 0 Å². The van der Waals surface area contributed by atoms with E-state index in [2.05, 4.69) is 19.7 Å². The Morgan fingerprint density at radius 1 is 1.36 bits per heavy atom. The first-order valence-corrected chi connectivity index (χ1v) is 7.07. The van der Waals surface area contributed by atoms with Crippen LogP contribution >= 0.6 is 7.60 Å². The zero-order valence-electron chi connectivity index (χ0n) is 12.1. The molecule has 0 aromatic carbocycles. The quantitative estimate of drug-likeness (QED) is 0.200. The van der Waals surface area contributed by atoms with E-state index in [4.69, 9.17) is 20.3 Å². The van der Waals surface area contributed by atoms with Gasteiger partial charge in [0.25, 0.3) is 5.56 Å². The van der Waals surface area contributed by atoms with Gasteiger partial charge in [-0.3, -0.25) is 18.9 Å². The molecule has 11 nitrogen and oxygen atoms in total. The van der Waals surface area contributed by atoms with Crippen LogP contribution in [-0.2, 0) is 20.8 Å². The maximum Gasteiger partial charge on any atom is 0.351 e. The van der Waals surface area contributed by atoms with Crippen molar-refractivity contribution in [1.82, 2.24) is 19.5 Å². The molecule has 0 unspecified atom stereocenters. The minimum atomic E-state index is -4.21. The van der Waals surface area contributed by atoms with Crippen molar-refractivity contribution in [3.63, 3.8) is 0 Å². The minimum Gasteiger partial charge on any atom is -0.369 e. The molecule has 0 aliphatic heterocycles. The largest absolute Gasteiger partial charge is 0.369 e. The number of aromatic nitrogens is 4. The third-order valence-corrected chi connectivity index (χ3v) is 2.67. The Balaban J connectivity index is 0.00000220. The SMILES string of the molecule is Nc1nc2c(ncn2COCOCP(=O)(O)O)c(=O)[nH]1.[Na].[Na]. The van der Waals surface area contributed by atoms with Crippen molar-refractivity contribution in [1.29, 1.82) is 0 Å². The van der Waals surface area contributed by atoms with Gasteiger partial charge in [-0.25, -0.2) is 4.98 Å². The number of nitrogens with two attached hydrogens (primary N) is 1. The van der Waals surface area contributed by atoms with Crippen LogP contribution in [0.2, 0.25) is 0 Å². The summed E-state index contributed by atoms with van der Waals surface area (Å²) in [5, 5.41) is 0. The summed E-state index contributed by atoms with van der Waals surface area (Å²) >= 11 is 0. The summed E-state index contributed by atoms with van der Waals surface area (Å²) in [5.74, 6) is -0.0537. The van der Waals surface area contributed by atoms with E-state index in [0.717, 1.165) is 0 Å². The van der Waals surface area contributed by atoms with E-state index in [-0.39, 0.29) is 89.8 Å². The fourth-order valence-corrected chi connectivity index (χ4v) is 1.73. The van der Waals surface area contributed by atoms with Crippen LogP contribution in [0.1, 0.15) is 0 Å². The monoisotopic (exact) mass is 351 g/mol. The first-order chi connectivity index (χ1) is 9.37. The van der Waals surface area contributed by atoms with E-state index in [1.165, 1.54) is 10.9 Å². The summed E-state index contributed by atoms with van der Waals surface area (Å²) in [6, 6.07) is 0. The molecule has 2 heterocycles. The number of aromatic amines is 1. The van der Waals surface area contributed by atoms with Gasteiger partial charge in [-0.05, 0) is 0 Å². The van der Waals surface area contributed by atoms with Crippen LogP contribution in [-0.4, -0.2) is 102 Å². The fourth-order valence-electron chi connectivity index (χ4n) is 1.42. The van der Waals surface area contributed by atoms with E-state index in [9.17, 15) is 9.36 Å². The number of nitrogens with one attached hydrogen (secondary N) is 1. The molecule has 0 bridgehead atoms. The number of rotatable bonds is 6. The van der Waals surface area contributed by atoms with Crippen molar-refractivity contribution in [2.75, 3.05) is 18.9 Å². The van der Waals surface area contributed by atoms with Crippen molar-refractivity contribution >= 4 is 83.8 Å². The topological polar surface area (TPSA) is 166 Å². The van der Waals surface area contributed by atoms with Crippen molar-refractivity contribution < 1.29 is 23.8 Å². The fraction of sp³-hybridized carbons (Fsp3) is 0.375. The van der Waals surface area contributed by atoms with Gasteiger partial charge in [0.2, 0.25) is 5.95 Å².